The highest BCUT2D eigenvalue weighted by Gasteiger charge is 2.19. The molecule has 3 rings (SSSR count). The smallest absolute Gasteiger partial charge is 0.331 e. The zero-order valence-electron chi connectivity index (χ0n) is 18.5. The zero-order valence-corrected chi connectivity index (χ0v) is 20.8. The third-order valence-corrected chi connectivity index (χ3v) is 5.94. The van der Waals surface area contributed by atoms with Crippen molar-refractivity contribution in [2.24, 2.45) is 0 Å². The fourth-order valence-corrected chi connectivity index (χ4v) is 3.74. The maximum Gasteiger partial charge on any atom is 0.331 e. The van der Waals surface area contributed by atoms with Crippen molar-refractivity contribution in [1.82, 2.24) is 9.78 Å². The number of non-ortho nitro benzene ring substituents is 1. The molecule has 0 saturated carbocycles. The minimum absolute atomic E-state index is 0.0232. The van der Waals surface area contributed by atoms with E-state index in [1.807, 2.05) is 18.2 Å². The number of anilines is 1. The van der Waals surface area contributed by atoms with Crippen molar-refractivity contribution in [2.45, 2.75) is 26.5 Å². The molecule has 182 valence electrons. The Morgan fingerprint density at radius 2 is 1.91 bits per heavy atom. The van der Waals surface area contributed by atoms with Gasteiger partial charge in [-0.15, -0.1) is 0 Å². The fourth-order valence-electron chi connectivity index (χ4n) is 3.02. The Hall–Kier alpha value is -3.40. The summed E-state index contributed by atoms with van der Waals surface area (Å²) < 4.78 is 6.69. The number of amides is 1. The Bertz CT molecular complexity index is 1320. The van der Waals surface area contributed by atoms with Crippen molar-refractivity contribution >= 4 is 64.1 Å². The van der Waals surface area contributed by atoms with E-state index in [1.165, 1.54) is 25.1 Å². The number of carbonyl (C=O) groups is 2. The van der Waals surface area contributed by atoms with E-state index in [1.54, 1.807) is 17.7 Å². The van der Waals surface area contributed by atoms with Crippen molar-refractivity contribution < 1.29 is 19.2 Å². The molecule has 9 nitrogen and oxygen atoms in total. The minimum atomic E-state index is -1.17. The van der Waals surface area contributed by atoms with Gasteiger partial charge in [0.25, 0.3) is 11.6 Å². The molecule has 0 aliphatic heterocycles. The van der Waals surface area contributed by atoms with Crippen LogP contribution < -0.4 is 5.32 Å². The lowest BCUT2D eigenvalue weighted by molar-refractivity contribution is -0.384. The largest absolute Gasteiger partial charge is 0.449 e. The van der Waals surface area contributed by atoms with Crippen LogP contribution in [0.3, 0.4) is 0 Å². The summed E-state index contributed by atoms with van der Waals surface area (Å²) in [4.78, 5) is 34.8. The molecule has 2 aromatic carbocycles. The van der Waals surface area contributed by atoms with Crippen molar-refractivity contribution in [3.05, 3.63) is 90.7 Å². The first-order valence-corrected chi connectivity index (χ1v) is 11.3. The molecule has 3 aromatic rings. The third kappa shape index (κ3) is 6.60. The second kappa shape index (κ2) is 11.4. The van der Waals surface area contributed by atoms with Crippen molar-refractivity contribution in [1.29, 1.82) is 0 Å². The van der Waals surface area contributed by atoms with Crippen LogP contribution in [0.4, 0.5) is 11.4 Å². The maximum absolute atomic E-state index is 12.4. The molecule has 1 aromatic heterocycles. The maximum atomic E-state index is 12.4. The van der Waals surface area contributed by atoms with E-state index < -0.39 is 22.9 Å². The van der Waals surface area contributed by atoms with E-state index in [0.29, 0.717) is 28.0 Å². The quantitative estimate of drug-likeness (QED) is 0.171. The number of aromatic nitrogens is 2. The predicted octanol–water partition coefficient (Wildman–Crippen LogP) is 5.69. The molecule has 1 amide bonds. The van der Waals surface area contributed by atoms with Crippen molar-refractivity contribution in [3.8, 4) is 0 Å². The van der Waals surface area contributed by atoms with Crippen LogP contribution in [-0.2, 0) is 20.9 Å². The van der Waals surface area contributed by atoms with Gasteiger partial charge in [-0.1, -0.05) is 53.0 Å². The van der Waals surface area contributed by atoms with Gasteiger partial charge < -0.3 is 10.1 Å². The molecule has 12 heteroatoms. The molecular formula is C23H19Cl3N4O5. The van der Waals surface area contributed by atoms with Crippen LogP contribution in [0.25, 0.3) is 6.08 Å². The highest BCUT2D eigenvalue weighted by Crippen LogP contribution is 2.27. The van der Waals surface area contributed by atoms with Gasteiger partial charge in [0.2, 0.25) is 0 Å². The van der Waals surface area contributed by atoms with Crippen LogP contribution >= 0.6 is 34.8 Å². The lowest BCUT2D eigenvalue weighted by atomic mass is 10.2. The lowest BCUT2D eigenvalue weighted by Gasteiger charge is -2.13. The molecule has 0 aliphatic carbocycles. The van der Waals surface area contributed by atoms with Crippen LogP contribution in [0, 0.1) is 17.0 Å². The summed E-state index contributed by atoms with van der Waals surface area (Å²) in [6.45, 7) is 3.46. The van der Waals surface area contributed by atoms with Crippen LogP contribution in [0.2, 0.25) is 15.2 Å². The van der Waals surface area contributed by atoms with E-state index in [2.05, 4.69) is 10.4 Å². The number of nitro groups is 1. The molecule has 0 aliphatic rings. The summed E-state index contributed by atoms with van der Waals surface area (Å²) >= 11 is 18.6. The number of nitrogens with one attached hydrogen (secondary N) is 1. The van der Waals surface area contributed by atoms with Gasteiger partial charge in [-0.2, -0.15) is 5.10 Å². The SMILES string of the molecule is Cc1nn(Cc2ccccc2Cl)c(Cl)c1/C=C/C(=O)O[C@@H](C)C(=O)Nc1ccc([N+](=O)[O-])cc1Cl. The Balaban J connectivity index is 1.63. The van der Waals surface area contributed by atoms with Gasteiger partial charge in [0.05, 0.1) is 27.9 Å². The Labute approximate surface area is 215 Å². The molecule has 0 spiro atoms. The first-order chi connectivity index (χ1) is 16.6. The molecule has 1 heterocycles. The van der Waals surface area contributed by atoms with Gasteiger partial charge in [-0.25, -0.2) is 9.48 Å². The van der Waals surface area contributed by atoms with Gasteiger partial charge in [-0.3, -0.25) is 14.9 Å². The number of esters is 1. The van der Waals surface area contributed by atoms with Crippen molar-refractivity contribution in [3.63, 3.8) is 0 Å². The number of aryl methyl sites for hydroxylation is 1. The summed E-state index contributed by atoms with van der Waals surface area (Å²) in [6, 6.07) is 10.9. The summed E-state index contributed by atoms with van der Waals surface area (Å²) in [5.74, 6) is -1.44. The summed E-state index contributed by atoms with van der Waals surface area (Å²) in [7, 11) is 0. The molecule has 1 N–H and O–H groups in total. The number of ether oxygens (including phenoxy) is 1. The van der Waals surface area contributed by atoms with E-state index in [9.17, 15) is 19.7 Å². The van der Waals surface area contributed by atoms with Gasteiger partial charge >= 0.3 is 5.97 Å². The number of halogens is 3. The number of carbonyl (C=O) groups excluding carboxylic acids is 2. The number of hydrogen-bond donors (Lipinski definition) is 1. The molecule has 1 atom stereocenters. The summed E-state index contributed by atoms with van der Waals surface area (Å²) in [6.07, 6.45) is 1.42. The zero-order chi connectivity index (χ0) is 25.7. The number of nitro benzene ring substituents is 1. The number of benzene rings is 2. The Morgan fingerprint density at radius 1 is 1.20 bits per heavy atom. The second-order valence-corrected chi connectivity index (χ2v) is 8.53. The first kappa shape index (κ1) is 26.2. The Morgan fingerprint density at radius 3 is 2.57 bits per heavy atom. The van der Waals surface area contributed by atoms with Crippen LogP contribution in [0.5, 0.6) is 0 Å². The molecule has 0 bridgehead atoms. The summed E-state index contributed by atoms with van der Waals surface area (Å²) in [5, 5.41) is 18.5. The highest BCUT2D eigenvalue weighted by molar-refractivity contribution is 6.34. The average Bonchev–Trinajstić information content (AvgIpc) is 3.07. The van der Waals surface area contributed by atoms with E-state index in [0.717, 1.165) is 17.7 Å². The van der Waals surface area contributed by atoms with Gasteiger partial charge in [-0.05, 0) is 37.6 Å². The average molecular weight is 538 g/mol. The van der Waals surface area contributed by atoms with Crippen LogP contribution in [0.1, 0.15) is 23.7 Å². The second-order valence-electron chi connectivity index (χ2n) is 7.36. The molecular weight excluding hydrogens is 519 g/mol. The van der Waals surface area contributed by atoms with Crippen molar-refractivity contribution in [2.75, 3.05) is 5.32 Å². The predicted molar refractivity (Wildman–Crippen MR) is 134 cm³/mol. The molecule has 0 radical (unpaired) electrons. The minimum Gasteiger partial charge on any atom is -0.449 e. The Kier molecular flexibility index (Phi) is 8.50. The van der Waals surface area contributed by atoms with Crippen LogP contribution in [-0.4, -0.2) is 32.7 Å². The topological polar surface area (TPSA) is 116 Å². The number of rotatable bonds is 8. The first-order valence-electron chi connectivity index (χ1n) is 10.2. The van der Waals surface area contributed by atoms with Gasteiger partial charge in [0.1, 0.15) is 5.15 Å². The van der Waals surface area contributed by atoms with E-state index in [4.69, 9.17) is 39.5 Å². The van der Waals surface area contributed by atoms with Gasteiger partial charge in [0, 0.05) is 28.8 Å². The van der Waals surface area contributed by atoms with E-state index >= 15 is 0 Å². The standard InChI is InChI=1S/C23H19Cl3N4O5/c1-13-17(22(26)29(28-13)12-15-5-3-4-6-18(15)24)8-10-21(31)35-14(2)23(32)27-20-9-7-16(30(33)34)11-19(20)25/h3-11,14H,12H2,1-2H3,(H,27,32)/b10-8+/t14-/m0/s1. The lowest BCUT2D eigenvalue weighted by Crippen LogP contribution is -2.29. The fraction of sp³-hybridized carbons (Fsp3) is 0.174. The highest BCUT2D eigenvalue weighted by atomic mass is 35.5. The van der Waals surface area contributed by atoms with Gasteiger partial charge in [0.15, 0.2) is 6.10 Å². The molecule has 0 saturated heterocycles. The molecule has 0 fully saturated rings. The number of nitrogens with zero attached hydrogens (tertiary/aromatic N) is 3. The molecule has 35 heavy (non-hydrogen) atoms. The monoisotopic (exact) mass is 536 g/mol. The van der Waals surface area contributed by atoms with Crippen LogP contribution in [0.15, 0.2) is 48.5 Å². The summed E-state index contributed by atoms with van der Waals surface area (Å²) in [5.41, 5.74) is 1.87. The normalized spacial score (nSPS) is 11.9. The number of hydrogen-bond acceptors (Lipinski definition) is 6. The third-order valence-electron chi connectivity index (χ3n) is 4.86. The van der Waals surface area contributed by atoms with E-state index in [-0.39, 0.29) is 16.4 Å². The molecule has 0 unspecified atom stereocenters.